The molecule has 0 fully saturated rings. The summed E-state index contributed by atoms with van der Waals surface area (Å²) in [6, 6.07) is 19.4. The quantitative estimate of drug-likeness (QED) is 0.397. The van der Waals surface area contributed by atoms with Gasteiger partial charge in [0.25, 0.3) is 0 Å². The first-order valence-electron chi connectivity index (χ1n) is 12.0. The van der Waals surface area contributed by atoms with Gasteiger partial charge in [-0.25, -0.2) is 4.79 Å². The zero-order chi connectivity index (χ0) is 23.9. The van der Waals surface area contributed by atoms with Gasteiger partial charge in [-0.05, 0) is 55.2 Å². The Kier molecular flexibility index (Phi) is 8.14. The Morgan fingerprint density at radius 3 is 2.50 bits per heavy atom. The molecule has 2 N–H and O–H groups in total. The topological polar surface area (TPSA) is 67.4 Å². The predicted molar refractivity (Wildman–Crippen MR) is 137 cm³/mol. The van der Waals surface area contributed by atoms with Crippen LogP contribution >= 0.6 is 11.3 Å². The second-order valence-electron chi connectivity index (χ2n) is 8.80. The van der Waals surface area contributed by atoms with Gasteiger partial charge in [0.05, 0.1) is 12.2 Å². The Labute approximate surface area is 205 Å². The molecule has 3 aromatic rings. The van der Waals surface area contributed by atoms with Crippen molar-refractivity contribution in [3.8, 4) is 0 Å². The van der Waals surface area contributed by atoms with Crippen molar-refractivity contribution in [2.45, 2.75) is 45.6 Å². The Balaban J connectivity index is 1.56. The Bertz CT molecular complexity index is 1110. The summed E-state index contributed by atoms with van der Waals surface area (Å²) in [5.41, 5.74) is 3.69. The van der Waals surface area contributed by atoms with Gasteiger partial charge in [0.1, 0.15) is 11.0 Å². The third-order valence-electron chi connectivity index (χ3n) is 6.23. The van der Waals surface area contributed by atoms with Crippen LogP contribution in [-0.4, -0.2) is 25.0 Å². The molecule has 178 valence electrons. The Hall–Kier alpha value is -2.96. The number of nitrogens with one attached hydrogen (secondary N) is 2. The van der Waals surface area contributed by atoms with Crippen molar-refractivity contribution >= 4 is 28.2 Å². The molecule has 0 aliphatic heterocycles. The molecule has 2 atom stereocenters. The number of benzene rings is 2. The third-order valence-corrected chi connectivity index (χ3v) is 7.40. The molecular formula is C28H32N2O3S. The lowest BCUT2D eigenvalue weighted by Gasteiger charge is -2.19. The van der Waals surface area contributed by atoms with Crippen LogP contribution in [0.2, 0.25) is 0 Å². The molecule has 34 heavy (non-hydrogen) atoms. The van der Waals surface area contributed by atoms with E-state index in [1.807, 2.05) is 48.5 Å². The van der Waals surface area contributed by atoms with E-state index >= 15 is 0 Å². The molecule has 0 bridgehead atoms. The summed E-state index contributed by atoms with van der Waals surface area (Å²) in [5, 5.41) is 7.11. The molecule has 1 aromatic heterocycles. The van der Waals surface area contributed by atoms with Crippen LogP contribution in [0.25, 0.3) is 0 Å². The summed E-state index contributed by atoms with van der Waals surface area (Å²) in [7, 11) is 0. The van der Waals surface area contributed by atoms with Gasteiger partial charge >= 0.3 is 5.97 Å². The molecule has 1 aliphatic rings. The van der Waals surface area contributed by atoms with E-state index in [-0.39, 0.29) is 11.9 Å². The van der Waals surface area contributed by atoms with E-state index in [0.717, 1.165) is 36.8 Å². The minimum Gasteiger partial charge on any atom is -0.462 e. The zero-order valence-electron chi connectivity index (χ0n) is 19.8. The van der Waals surface area contributed by atoms with Crippen LogP contribution in [0.5, 0.6) is 0 Å². The van der Waals surface area contributed by atoms with E-state index in [4.69, 9.17) is 4.74 Å². The first-order chi connectivity index (χ1) is 16.6. The van der Waals surface area contributed by atoms with Crippen LogP contribution in [-0.2, 0) is 28.8 Å². The third kappa shape index (κ3) is 5.75. The molecule has 1 aliphatic carbocycles. The van der Waals surface area contributed by atoms with Gasteiger partial charge in [-0.2, -0.15) is 0 Å². The molecule has 0 radical (unpaired) electrons. The van der Waals surface area contributed by atoms with E-state index in [0.29, 0.717) is 29.6 Å². The highest BCUT2D eigenvalue weighted by molar-refractivity contribution is 7.17. The number of hydrogen-bond donors (Lipinski definition) is 2. The molecule has 5 nitrogen and oxygen atoms in total. The fraction of sp³-hybridized carbons (Fsp3) is 0.357. The van der Waals surface area contributed by atoms with E-state index in [1.165, 1.54) is 21.8 Å². The number of esters is 1. The van der Waals surface area contributed by atoms with Crippen LogP contribution in [0.1, 0.15) is 58.2 Å². The SMILES string of the molecule is CCOC(=O)c1c(NC(=O)[C@H](NCCc2ccccc2)c2ccccc2)sc2c1CC[C@@H](C)C2. The smallest absolute Gasteiger partial charge is 0.341 e. The molecule has 0 unspecified atom stereocenters. The summed E-state index contributed by atoms with van der Waals surface area (Å²) >= 11 is 1.52. The van der Waals surface area contributed by atoms with E-state index in [1.54, 1.807) is 6.92 Å². The summed E-state index contributed by atoms with van der Waals surface area (Å²) in [4.78, 5) is 27.6. The van der Waals surface area contributed by atoms with Gasteiger partial charge in [0.2, 0.25) is 5.91 Å². The standard InChI is InChI=1S/C28H32N2O3S/c1-3-33-28(32)24-22-15-14-19(2)18-23(22)34-27(24)30-26(31)25(21-12-8-5-9-13-21)29-17-16-20-10-6-4-7-11-20/h4-13,19,25,29H,3,14-18H2,1-2H3,(H,30,31)/t19-,25-/m1/s1. The number of carbonyl (C=O) groups is 2. The molecule has 4 rings (SSSR count). The second kappa shape index (κ2) is 11.4. The lowest BCUT2D eigenvalue weighted by Crippen LogP contribution is -2.34. The number of amides is 1. The largest absolute Gasteiger partial charge is 0.462 e. The van der Waals surface area contributed by atoms with Crippen LogP contribution in [0.3, 0.4) is 0 Å². The highest BCUT2D eigenvalue weighted by Crippen LogP contribution is 2.40. The minimum absolute atomic E-state index is 0.170. The molecule has 0 saturated carbocycles. The van der Waals surface area contributed by atoms with Gasteiger partial charge in [0.15, 0.2) is 0 Å². The second-order valence-corrected chi connectivity index (χ2v) is 9.90. The summed E-state index contributed by atoms with van der Waals surface area (Å²) < 4.78 is 5.36. The highest BCUT2D eigenvalue weighted by Gasteiger charge is 2.30. The molecule has 1 heterocycles. The maximum Gasteiger partial charge on any atom is 0.341 e. The van der Waals surface area contributed by atoms with Crippen molar-refractivity contribution in [1.29, 1.82) is 0 Å². The number of rotatable bonds is 9. The molecule has 1 amide bonds. The van der Waals surface area contributed by atoms with Crippen molar-refractivity contribution in [1.82, 2.24) is 5.32 Å². The fourth-order valence-electron chi connectivity index (χ4n) is 4.46. The summed E-state index contributed by atoms with van der Waals surface area (Å²) in [6.45, 7) is 4.99. The van der Waals surface area contributed by atoms with E-state index in [2.05, 4.69) is 29.7 Å². The number of anilines is 1. The minimum atomic E-state index is -0.530. The predicted octanol–water partition coefficient (Wildman–Crippen LogP) is 5.56. The van der Waals surface area contributed by atoms with Crippen LogP contribution in [0.15, 0.2) is 60.7 Å². The normalized spacial score (nSPS) is 15.9. The number of hydrogen-bond acceptors (Lipinski definition) is 5. The van der Waals surface area contributed by atoms with Crippen LogP contribution in [0, 0.1) is 5.92 Å². The molecule has 0 spiro atoms. The number of ether oxygens (including phenoxy) is 1. The maximum absolute atomic E-state index is 13.5. The number of fused-ring (bicyclic) bond motifs is 1. The Morgan fingerprint density at radius 2 is 1.79 bits per heavy atom. The van der Waals surface area contributed by atoms with Gasteiger partial charge in [-0.1, -0.05) is 67.6 Å². The van der Waals surface area contributed by atoms with Gasteiger partial charge in [-0.15, -0.1) is 11.3 Å². The average Bonchev–Trinajstić information content (AvgIpc) is 3.20. The molecule has 0 saturated heterocycles. The first-order valence-corrected chi connectivity index (χ1v) is 12.8. The van der Waals surface area contributed by atoms with Crippen LogP contribution in [0.4, 0.5) is 5.00 Å². The van der Waals surface area contributed by atoms with Gasteiger partial charge in [0, 0.05) is 11.4 Å². The highest BCUT2D eigenvalue weighted by atomic mass is 32.1. The average molecular weight is 477 g/mol. The van der Waals surface area contributed by atoms with Crippen molar-refractivity contribution < 1.29 is 14.3 Å². The van der Waals surface area contributed by atoms with E-state index in [9.17, 15) is 9.59 Å². The van der Waals surface area contributed by atoms with Crippen molar-refractivity contribution in [3.05, 3.63) is 87.8 Å². The molecule has 2 aromatic carbocycles. The monoisotopic (exact) mass is 476 g/mol. The fourth-order valence-corrected chi connectivity index (χ4v) is 5.86. The van der Waals surface area contributed by atoms with Gasteiger partial charge < -0.3 is 15.4 Å². The van der Waals surface area contributed by atoms with Crippen molar-refractivity contribution in [2.24, 2.45) is 5.92 Å². The van der Waals surface area contributed by atoms with Crippen molar-refractivity contribution in [2.75, 3.05) is 18.5 Å². The summed E-state index contributed by atoms with van der Waals surface area (Å²) in [6.07, 6.45) is 3.63. The maximum atomic E-state index is 13.5. The first kappa shape index (κ1) is 24.2. The molecular weight excluding hydrogens is 444 g/mol. The number of thiophene rings is 1. The molecule has 6 heteroatoms. The summed E-state index contributed by atoms with van der Waals surface area (Å²) in [5.74, 6) is 0.0519. The van der Waals surface area contributed by atoms with Crippen molar-refractivity contribution in [3.63, 3.8) is 0 Å². The van der Waals surface area contributed by atoms with Gasteiger partial charge in [-0.3, -0.25) is 4.79 Å². The Morgan fingerprint density at radius 1 is 1.09 bits per heavy atom. The zero-order valence-corrected chi connectivity index (χ0v) is 20.6. The van der Waals surface area contributed by atoms with E-state index < -0.39 is 6.04 Å². The van der Waals surface area contributed by atoms with Crippen LogP contribution < -0.4 is 10.6 Å². The lowest BCUT2D eigenvalue weighted by molar-refractivity contribution is -0.118. The lowest BCUT2D eigenvalue weighted by atomic mass is 9.88. The number of carbonyl (C=O) groups excluding carboxylic acids is 2.